The monoisotopic (exact) mass is 230 g/mol. The van der Waals surface area contributed by atoms with E-state index in [1.54, 1.807) is 0 Å². The van der Waals surface area contributed by atoms with Crippen molar-refractivity contribution in [2.75, 3.05) is 6.54 Å². The highest BCUT2D eigenvalue weighted by molar-refractivity contribution is 5.76. The van der Waals surface area contributed by atoms with Crippen molar-refractivity contribution in [2.24, 2.45) is 0 Å². The number of rotatable bonds is 1. The third-order valence-corrected chi connectivity index (χ3v) is 3.94. The van der Waals surface area contributed by atoms with Crippen LogP contribution < -0.4 is 10.6 Å². The second kappa shape index (κ2) is 4.49. The van der Waals surface area contributed by atoms with Gasteiger partial charge in [-0.25, -0.2) is 0 Å². The molecule has 0 aliphatic carbocycles. The van der Waals surface area contributed by atoms with E-state index in [-0.39, 0.29) is 11.9 Å². The molecular formula is C14H18N2O. The van der Waals surface area contributed by atoms with Crippen LogP contribution in [0.3, 0.4) is 0 Å². The Labute approximate surface area is 102 Å². The summed E-state index contributed by atoms with van der Waals surface area (Å²) in [7, 11) is 0. The SMILES string of the molecule is O=C1CCC[C@H]2NC[C@@H](c3ccccc3)[C@@H]2N1. The summed E-state index contributed by atoms with van der Waals surface area (Å²) in [6.07, 6.45) is 2.78. The van der Waals surface area contributed by atoms with Gasteiger partial charge in [0.25, 0.3) is 0 Å². The first kappa shape index (κ1) is 10.8. The zero-order chi connectivity index (χ0) is 11.7. The van der Waals surface area contributed by atoms with E-state index in [1.165, 1.54) is 5.56 Å². The summed E-state index contributed by atoms with van der Waals surface area (Å²) in [5.41, 5.74) is 1.33. The van der Waals surface area contributed by atoms with E-state index in [0.29, 0.717) is 18.4 Å². The molecule has 0 saturated carbocycles. The number of carbonyl (C=O) groups excluding carboxylic acids is 1. The van der Waals surface area contributed by atoms with Crippen molar-refractivity contribution < 1.29 is 4.79 Å². The second-order valence-electron chi connectivity index (χ2n) is 5.02. The normalized spacial score (nSPS) is 32.7. The van der Waals surface area contributed by atoms with Gasteiger partial charge in [0, 0.05) is 24.9 Å². The first-order valence-electron chi connectivity index (χ1n) is 6.42. The van der Waals surface area contributed by atoms with Gasteiger partial charge in [0.1, 0.15) is 0 Å². The molecule has 1 aromatic rings. The van der Waals surface area contributed by atoms with Crippen LogP contribution in [0, 0.1) is 0 Å². The quantitative estimate of drug-likeness (QED) is 0.766. The highest BCUT2D eigenvalue weighted by atomic mass is 16.1. The van der Waals surface area contributed by atoms with Crippen molar-refractivity contribution >= 4 is 5.91 Å². The lowest BCUT2D eigenvalue weighted by atomic mass is 9.90. The summed E-state index contributed by atoms with van der Waals surface area (Å²) in [6, 6.07) is 11.2. The van der Waals surface area contributed by atoms with E-state index in [9.17, 15) is 4.79 Å². The lowest BCUT2D eigenvalue weighted by molar-refractivity contribution is -0.121. The molecule has 1 amide bonds. The summed E-state index contributed by atoms with van der Waals surface area (Å²) in [5.74, 6) is 0.630. The fourth-order valence-corrected chi connectivity index (χ4v) is 3.06. The number of nitrogens with one attached hydrogen (secondary N) is 2. The highest BCUT2D eigenvalue weighted by Crippen LogP contribution is 2.29. The molecule has 90 valence electrons. The van der Waals surface area contributed by atoms with Crippen molar-refractivity contribution in [2.45, 2.75) is 37.3 Å². The molecule has 0 bridgehead atoms. The molecule has 0 radical (unpaired) electrons. The summed E-state index contributed by atoms with van der Waals surface area (Å²) in [5, 5.41) is 6.74. The van der Waals surface area contributed by atoms with Crippen LogP contribution in [-0.2, 0) is 4.79 Å². The molecule has 0 unspecified atom stereocenters. The van der Waals surface area contributed by atoms with Crippen molar-refractivity contribution in [3.05, 3.63) is 35.9 Å². The van der Waals surface area contributed by atoms with Gasteiger partial charge in [-0.2, -0.15) is 0 Å². The van der Waals surface area contributed by atoms with E-state index < -0.39 is 0 Å². The van der Waals surface area contributed by atoms with Crippen LogP contribution in [0.25, 0.3) is 0 Å². The van der Waals surface area contributed by atoms with Crippen LogP contribution in [0.5, 0.6) is 0 Å². The molecule has 2 fully saturated rings. The molecule has 0 aromatic heterocycles. The third-order valence-electron chi connectivity index (χ3n) is 3.94. The van der Waals surface area contributed by atoms with E-state index in [4.69, 9.17) is 0 Å². The van der Waals surface area contributed by atoms with E-state index >= 15 is 0 Å². The van der Waals surface area contributed by atoms with Gasteiger partial charge < -0.3 is 10.6 Å². The average Bonchev–Trinajstić information content (AvgIpc) is 2.64. The smallest absolute Gasteiger partial charge is 0.220 e. The predicted molar refractivity (Wildman–Crippen MR) is 66.8 cm³/mol. The summed E-state index contributed by atoms with van der Waals surface area (Å²) in [4.78, 5) is 11.7. The molecule has 2 aliphatic heterocycles. The Morgan fingerprint density at radius 2 is 2.00 bits per heavy atom. The van der Waals surface area contributed by atoms with Crippen LogP contribution in [-0.4, -0.2) is 24.5 Å². The van der Waals surface area contributed by atoms with Crippen LogP contribution >= 0.6 is 0 Å². The first-order chi connectivity index (χ1) is 8.34. The molecule has 17 heavy (non-hydrogen) atoms. The van der Waals surface area contributed by atoms with Gasteiger partial charge in [0.2, 0.25) is 5.91 Å². The minimum absolute atomic E-state index is 0.210. The van der Waals surface area contributed by atoms with Crippen molar-refractivity contribution in [1.82, 2.24) is 10.6 Å². The Morgan fingerprint density at radius 1 is 1.18 bits per heavy atom. The molecular weight excluding hydrogens is 212 g/mol. The Kier molecular flexibility index (Phi) is 2.85. The van der Waals surface area contributed by atoms with Crippen LogP contribution in [0.2, 0.25) is 0 Å². The molecule has 2 aliphatic rings. The Balaban J connectivity index is 1.85. The first-order valence-corrected chi connectivity index (χ1v) is 6.42. The zero-order valence-corrected chi connectivity index (χ0v) is 9.86. The molecule has 2 heterocycles. The average molecular weight is 230 g/mol. The largest absolute Gasteiger partial charge is 0.351 e. The number of benzene rings is 1. The molecule has 0 spiro atoms. The summed E-state index contributed by atoms with van der Waals surface area (Å²) in [6.45, 7) is 0.972. The van der Waals surface area contributed by atoms with E-state index in [1.807, 2.05) is 6.07 Å². The van der Waals surface area contributed by atoms with Crippen molar-refractivity contribution in [3.8, 4) is 0 Å². The molecule has 3 rings (SSSR count). The van der Waals surface area contributed by atoms with Crippen LogP contribution in [0.4, 0.5) is 0 Å². The number of amides is 1. The fraction of sp³-hybridized carbons (Fsp3) is 0.500. The number of hydrogen-bond donors (Lipinski definition) is 2. The maximum Gasteiger partial charge on any atom is 0.220 e. The maximum absolute atomic E-state index is 11.7. The zero-order valence-electron chi connectivity index (χ0n) is 9.86. The van der Waals surface area contributed by atoms with Gasteiger partial charge in [-0.1, -0.05) is 30.3 Å². The number of fused-ring (bicyclic) bond motifs is 1. The molecule has 3 heteroatoms. The summed E-state index contributed by atoms with van der Waals surface area (Å²) < 4.78 is 0. The topological polar surface area (TPSA) is 41.1 Å². The standard InChI is InChI=1S/C14H18N2O/c17-13-8-4-7-12-14(16-13)11(9-15-12)10-5-2-1-3-6-10/h1-3,5-6,11-12,14-15H,4,7-9H2,(H,16,17)/t11-,12+,14-/m0/s1. The van der Waals surface area contributed by atoms with Crippen LogP contribution in [0.15, 0.2) is 30.3 Å². The lowest BCUT2D eigenvalue weighted by Gasteiger charge is -2.23. The number of hydrogen-bond acceptors (Lipinski definition) is 2. The second-order valence-corrected chi connectivity index (χ2v) is 5.02. The Hall–Kier alpha value is -1.35. The van der Waals surface area contributed by atoms with Crippen molar-refractivity contribution in [1.29, 1.82) is 0 Å². The molecule has 2 N–H and O–H groups in total. The molecule has 2 saturated heterocycles. The third kappa shape index (κ3) is 2.07. The van der Waals surface area contributed by atoms with Crippen molar-refractivity contribution in [3.63, 3.8) is 0 Å². The number of carbonyl (C=O) groups is 1. The van der Waals surface area contributed by atoms with E-state index in [2.05, 4.69) is 34.9 Å². The van der Waals surface area contributed by atoms with Gasteiger partial charge in [-0.05, 0) is 18.4 Å². The highest BCUT2D eigenvalue weighted by Gasteiger charge is 2.38. The van der Waals surface area contributed by atoms with Gasteiger partial charge in [0.15, 0.2) is 0 Å². The van der Waals surface area contributed by atoms with E-state index in [0.717, 1.165) is 19.4 Å². The maximum atomic E-state index is 11.7. The molecule has 1 aromatic carbocycles. The Morgan fingerprint density at radius 3 is 2.82 bits per heavy atom. The minimum atomic E-state index is 0.210. The van der Waals surface area contributed by atoms with Gasteiger partial charge in [-0.15, -0.1) is 0 Å². The fourth-order valence-electron chi connectivity index (χ4n) is 3.06. The van der Waals surface area contributed by atoms with Gasteiger partial charge in [0.05, 0.1) is 6.04 Å². The predicted octanol–water partition coefficient (Wildman–Crippen LogP) is 1.41. The van der Waals surface area contributed by atoms with Gasteiger partial charge in [-0.3, -0.25) is 4.79 Å². The molecule has 3 atom stereocenters. The lowest BCUT2D eigenvalue weighted by Crippen LogP contribution is -2.43. The Bertz CT molecular complexity index is 404. The van der Waals surface area contributed by atoms with Gasteiger partial charge >= 0.3 is 0 Å². The minimum Gasteiger partial charge on any atom is -0.351 e. The summed E-state index contributed by atoms with van der Waals surface area (Å²) >= 11 is 0. The molecule has 3 nitrogen and oxygen atoms in total. The van der Waals surface area contributed by atoms with Crippen LogP contribution in [0.1, 0.15) is 30.7 Å².